The number of alkyl halides is 4. The standard InChI is InChI=1S/C52H58F4N7O7SSi/c1-8-39(64)60-18-15-32(25-60)48(66)59(6)43(28(2)3)46(65)58-47(72)36-22-29-19-30(24-53)21-33(20-29)31-13-14-37-35(23-31)40-41(51(4,5)27-70-50(68)38-12-10-17-62(49(36)67)63(38)71)45(69-7)42-34(11-9-16-57-42)44(40)61(37)26-52(54,55)56/h8-9,11,13-14,16,19-21,23,28,32,36,38,41,43,45,47H,1,10,12,15,17-18,22,24-27H2,2-7H3/p+1/t32?,36-,38+,41?,43+,45+,47?/m1/s1. The summed E-state index contributed by atoms with van der Waals surface area (Å²) >= 11 is 5.87. The predicted molar refractivity (Wildman–Crippen MR) is 262 cm³/mol. The first-order valence-corrected chi connectivity index (χ1v) is 25.1. The van der Waals surface area contributed by atoms with Crippen LogP contribution in [0.15, 0.2) is 67.4 Å². The van der Waals surface area contributed by atoms with Gasteiger partial charge in [-0.1, -0.05) is 52.5 Å². The van der Waals surface area contributed by atoms with Crippen LogP contribution in [0.3, 0.4) is 0 Å². The summed E-state index contributed by atoms with van der Waals surface area (Å²) in [6.07, 6.45) is -1.75. The maximum Gasteiger partial charge on any atom is 0.406 e. The van der Waals surface area contributed by atoms with Crippen LogP contribution in [0.4, 0.5) is 17.6 Å². The number of fused-ring (bicyclic) bond motifs is 8. The van der Waals surface area contributed by atoms with Gasteiger partial charge in [0, 0.05) is 73.3 Å². The van der Waals surface area contributed by atoms with Crippen LogP contribution >= 0.6 is 0 Å². The van der Waals surface area contributed by atoms with Crippen molar-refractivity contribution in [2.75, 3.05) is 40.4 Å². The minimum absolute atomic E-state index is 0.0889. The number of pyridine rings is 1. The first-order valence-electron chi connectivity index (χ1n) is 24.1. The number of hydrogen-bond donors (Lipinski definition) is 1. The highest BCUT2D eigenvalue weighted by Crippen LogP contribution is 2.57. The Labute approximate surface area is 424 Å². The lowest BCUT2D eigenvalue weighted by Crippen LogP contribution is -2.59. The number of rotatable bonds is 10. The zero-order valence-corrected chi connectivity index (χ0v) is 42.9. The fraction of sp³-hybridized carbons (Fsp3) is 0.500. The van der Waals surface area contributed by atoms with Crippen molar-refractivity contribution in [3.05, 3.63) is 89.8 Å². The van der Waals surface area contributed by atoms with Crippen LogP contribution in [-0.2, 0) is 65.5 Å². The number of cyclic esters (lactones) is 1. The second-order valence-corrected chi connectivity index (χ2v) is 21.4. The van der Waals surface area contributed by atoms with Crippen LogP contribution in [0.2, 0.25) is 0 Å². The van der Waals surface area contributed by atoms with Crippen molar-refractivity contribution >= 4 is 63.2 Å². The zero-order valence-electron chi connectivity index (χ0n) is 41.1. The molecule has 0 saturated carbocycles. The number of amides is 4. The summed E-state index contributed by atoms with van der Waals surface area (Å²) in [5, 5.41) is 4.71. The van der Waals surface area contributed by atoms with Crippen LogP contribution in [0.25, 0.3) is 33.3 Å². The third-order valence-corrected chi connectivity index (χ3v) is 15.7. The number of hydrogen-bond acceptors (Lipinski definition) is 9. The van der Waals surface area contributed by atoms with E-state index in [-0.39, 0.29) is 55.4 Å². The van der Waals surface area contributed by atoms with Crippen LogP contribution in [0.1, 0.15) is 81.4 Å². The number of likely N-dealkylation sites (N-methyl/N-ethyl adjacent to an activating group) is 1. The van der Waals surface area contributed by atoms with Crippen LogP contribution in [-0.4, -0.2) is 133 Å². The number of ether oxygens (including phenoxy) is 2. The number of esters is 1. The second-order valence-electron chi connectivity index (χ2n) is 20.4. The molecule has 1 aliphatic carbocycles. The van der Waals surface area contributed by atoms with Gasteiger partial charge in [0.1, 0.15) is 25.4 Å². The van der Waals surface area contributed by atoms with Crippen molar-refractivity contribution in [1.29, 1.82) is 0 Å². The average Bonchev–Trinajstić information content (AvgIpc) is 3.96. The molecular formula is C52H59F4N7O7SSi+. The smallest absolute Gasteiger partial charge is 0.406 e. The van der Waals surface area contributed by atoms with Gasteiger partial charge < -0.3 is 29.2 Å². The largest absolute Gasteiger partial charge is 0.460 e. The van der Waals surface area contributed by atoms with Gasteiger partial charge in [-0.15, -0.1) is 5.01 Å². The van der Waals surface area contributed by atoms with Crippen molar-refractivity contribution in [1.82, 2.24) is 29.7 Å². The van der Waals surface area contributed by atoms with Gasteiger partial charge in [-0.3, -0.25) is 24.2 Å². The van der Waals surface area contributed by atoms with E-state index < -0.39 is 90.1 Å². The fourth-order valence-electron chi connectivity index (χ4n) is 11.3. The molecule has 14 nitrogen and oxygen atoms in total. The Morgan fingerprint density at radius 3 is 2.54 bits per heavy atom. The van der Waals surface area contributed by atoms with Gasteiger partial charge in [0.05, 0.1) is 46.6 Å². The van der Waals surface area contributed by atoms with E-state index in [1.165, 1.54) is 39.6 Å². The number of aromatic nitrogens is 2. The highest BCUT2D eigenvalue weighted by atomic mass is 32.1. The van der Waals surface area contributed by atoms with E-state index in [0.717, 1.165) is 4.05 Å². The Bertz CT molecular complexity index is 2840. The molecule has 8 rings (SSSR count). The number of halogens is 4. The Morgan fingerprint density at radius 2 is 1.86 bits per heavy atom. The van der Waals surface area contributed by atoms with E-state index in [1.54, 1.807) is 68.6 Å². The SMILES string of the molecule is C=CC(=O)N1CCC(C(=O)N(C)[C@H](C(=O)NC([Si])[C@H]2Cc3cc(CF)cc(c3)-c3ccc4c(c3)c3c(n4CC(F)(F)F)-c4cccnc4[C@@H](OC)C3C(C)(C)COC(=O)[C@@H]3CCCN(C2=O)[N+]3=S)C(C)C)C1. The lowest BCUT2D eigenvalue weighted by Gasteiger charge is -2.42. The lowest BCUT2D eigenvalue weighted by atomic mass is 9.67. The molecule has 72 heavy (non-hydrogen) atoms. The number of hydrazine groups is 1. The highest BCUT2D eigenvalue weighted by molar-refractivity contribution is 7.44. The Hall–Kier alpha value is -5.86. The van der Waals surface area contributed by atoms with Crippen molar-refractivity contribution in [3.63, 3.8) is 0 Å². The molecule has 2 fully saturated rings. The van der Waals surface area contributed by atoms with E-state index in [4.69, 9.17) is 21.9 Å². The molecule has 381 valence electrons. The first kappa shape index (κ1) is 52.5. The molecule has 3 aliphatic heterocycles. The quantitative estimate of drug-likeness (QED) is 0.0603. The van der Waals surface area contributed by atoms with Crippen molar-refractivity contribution in [2.24, 2.45) is 23.2 Å². The fourth-order valence-corrected chi connectivity index (χ4v) is 12.0. The third kappa shape index (κ3) is 9.97. The lowest BCUT2D eigenvalue weighted by molar-refractivity contribution is -0.676. The normalized spacial score (nSPS) is 23.0. The van der Waals surface area contributed by atoms with E-state index >= 15 is 9.18 Å². The molecular weight excluding hydrogens is 971 g/mol. The molecule has 20 heteroatoms. The maximum atomic E-state index is 15.1. The molecule has 4 aromatic rings. The average molecular weight is 1030 g/mol. The number of nitrogens with zero attached hydrogens (tertiary/aromatic N) is 6. The molecule has 3 radical (unpaired) electrons. The summed E-state index contributed by atoms with van der Waals surface area (Å²) in [6, 6.07) is 11.4. The summed E-state index contributed by atoms with van der Waals surface area (Å²) in [5.74, 6) is -5.25. The molecule has 6 bridgehead atoms. The Morgan fingerprint density at radius 1 is 1.11 bits per heavy atom. The second kappa shape index (κ2) is 20.6. The number of benzene rings is 2. The molecule has 2 aromatic heterocycles. The van der Waals surface area contributed by atoms with E-state index in [2.05, 4.69) is 27.1 Å². The highest BCUT2D eigenvalue weighted by Gasteiger charge is 2.50. The summed E-state index contributed by atoms with van der Waals surface area (Å²) in [6.45, 7) is 9.06. The number of carbonyl (C=O) groups excluding carboxylic acids is 5. The summed E-state index contributed by atoms with van der Waals surface area (Å²) in [7, 11) is 6.75. The molecule has 0 spiro atoms. The van der Waals surface area contributed by atoms with E-state index in [9.17, 15) is 32.3 Å². The molecule has 2 saturated heterocycles. The van der Waals surface area contributed by atoms with E-state index in [1.807, 2.05) is 13.8 Å². The Balaban J connectivity index is 1.24. The van der Waals surface area contributed by atoms with Gasteiger partial charge in [-0.2, -0.15) is 13.2 Å². The minimum Gasteiger partial charge on any atom is -0.460 e. The van der Waals surface area contributed by atoms with Gasteiger partial charge in [0.15, 0.2) is 0 Å². The topological polar surface area (TPSA) is 146 Å². The van der Waals surface area contributed by atoms with Crippen LogP contribution in [0, 0.1) is 23.2 Å². The first-order chi connectivity index (χ1) is 34.1. The van der Waals surface area contributed by atoms with Gasteiger partial charge in [-0.25, -0.2) is 9.18 Å². The van der Waals surface area contributed by atoms with Crippen LogP contribution in [0.5, 0.6) is 0 Å². The summed E-state index contributed by atoms with van der Waals surface area (Å²) in [5.41, 5.74) is 1.72. The Kier molecular flexibility index (Phi) is 15.0. The molecule has 2 aromatic carbocycles. The maximum absolute atomic E-state index is 15.1. The third-order valence-electron chi connectivity index (χ3n) is 14.7. The molecule has 4 amide bonds. The molecule has 3 unspecified atom stereocenters. The zero-order chi connectivity index (χ0) is 52.1. The summed E-state index contributed by atoms with van der Waals surface area (Å²) < 4.78 is 73.9. The van der Waals surface area contributed by atoms with Gasteiger partial charge in [-0.05, 0) is 93.5 Å². The molecule has 7 atom stereocenters. The monoisotopic (exact) mass is 1030 g/mol. The molecule has 5 heterocycles. The van der Waals surface area contributed by atoms with Gasteiger partial charge >= 0.3 is 12.1 Å². The van der Waals surface area contributed by atoms with Crippen LogP contribution < -0.4 is 5.32 Å². The van der Waals surface area contributed by atoms with Crippen molar-refractivity contribution in [3.8, 4) is 22.4 Å². The number of likely N-dealkylation sites (tertiary alicyclic amines) is 1. The molecule has 1 N–H and O–H groups in total. The number of carbonyl (C=O) groups is 5. The van der Waals surface area contributed by atoms with Crippen molar-refractivity contribution < 1.29 is 55.1 Å². The van der Waals surface area contributed by atoms with E-state index in [0.29, 0.717) is 64.0 Å². The van der Waals surface area contributed by atoms with Crippen molar-refractivity contribution in [2.45, 2.75) is 103 Å². The van der Waals surface area contributed by atoms with Gasteiger partial charge in [0.2, 0.25) is 17.7 Å². The predicted octanol–water partition coefficient (Wildman–Crippen LogP) is 6.71. The van der Waals surface area contributed by atoms with Gasteiger partial charge in [0.25, 0.3) is 24.4 Å². The number of methoxy groups -OCH3 is 1. The summed E-state index contributed by atoms with van der Waals surface area (Å²) in [4.78, 5) is 77.6. The molecule has 4 aliphatic rings. The number of nitrogens with one attached hydrogen (secondary N) is 1. The minimum atomic E-state index is -4.63.